The number of anilines is 2. The molecule has 0 fully saturated rings. The Kier molecular flexibility index (Phi) is 5.27. The molecule has 0 atom stereocenters. The van der Waals surface area contributed by atoms with Gasteiger partial charge in [0.1, 0.15) is 34.8 Å². The van der Waals surface area contributed by atoms with Crippen LogP contribution in [-0.2, 0) is 6.61 Å². The number of hydrogen-bond acceptors (Lipinski definition) is 3. The molecule has 0 unspecified atom stereocenters. The van der Waals surface area contributed by atoms with Crippen LogP contribution >= 0.6 is 0 Å². The van der Waals surface area contributed by atoms with Gasteiger partial charge in [0, 0.05) is 17.2 Å². The molecule has 28 heavy (non-hydrogen) atoms. The number of carbonyl (C=O) groups excluding carboxylic acids is 1. The minimum absolute atomic E-state index is 0.138. The summed E-state index contributed by atoms with van der Waals surface area (Å²) in [7, 11) is 0. The number of aromatic nitrogens is 1. The molecule has 0 saturated heterocycles. The SMILES string of the molecule is NC(=O)N(c1ccc(CO)c(-c2ccc(F)cc2F)n1)c1c(F)cccc1F. The van der Waals surface area contributed by atoms with E-state index in [1.54, 1.807) is 0 Å². The van der Waals surface area contributed by atoms with Gasteiger partial charge in [-0.2, -0.15) is 0 Å². The van der Waals surface area contributed by atoms with Gasteiger partial charge in [0.25, 0.3) is 0 Å². The lowest BCUT2D eigenvalue weighted by molar-refractivity contribution is 0.255. The van der Waals surface area contributed by atoms with Gasteiger partial charge >= 0.3 is 6.03 Å². The zero-order valence-corrected chi connectivity index (χ0v) is 14.2. The van der Waals surface area contributed by atoms with Crippen molar-refractivity contribution >= 4 is 17.5 Å². The van der Waals surface area contributed by atoms with E-state index in [4.69, 9.17) is 5.73 Å². The minimum Gasteiger partial charge on any atom is -0.392 e. The summed E-state index contributed by atoms with van der Waals surface area (Å²) in [5.74, 6) is -4.24. The molecule has 0 aliphatic carbocycles. The van der Waals surface area contributed by atoms with Crippen molar-refractivity contribution in [2.75, 3.05) is 4.90 Å². The topological polar surface area (TPSA) is 79.5 Å². The zero-order chi connectivity index (χ0) is 20.4. The predicted molar refractivity (Wildman–Crippen MR) is 93.6 cm³/mol. The fraction of sp³-hybridized carbons (Fsp3) is 0.0526. The molecule has 2 aromatic carbocycles. The average molecular weight is 391 g/mol. The Bertz CT molecular complexity index is 1040. The largest absolute Gasteiger partial charge is 0.392 e. The van der Waals surface area contributed by atoms with Gasteiger partial charge in [0.05, 0.1) is 12.3 Å². The molecule has 0 saturated carbocycles. The maximum absolute atomic E-state index is 14.2. The van der Waals surface area contributed by atoms with Crippen LogP contribution in [0.4, 0.5) is 33.9 Å². The fourth-order valence-electron chi connectivity index (χ4n) is 2.68. The molecule has 3 rings (SSSR count). The van der Waals surface area contributed by atoms with Crippen LogP contribution in [0.5, 0.6) is 0 Å². The number of amides is 2. The molecule has 1 aromatic heterocycles. The van der Waals surface area contributed by atoms with Crippen molar-refractivity contribution in [1.82, 2.24) is 4.98 Å². The third kappa shape index (κ3) is 3.52. The first-order chi connectivity index (χ1) is 13.3. The van der Waals surface area contributed by atoms with E-state index >= 15 is 0 Å². The first-order valence-electron chi connectivity index (χ1n) is 7.93. The summed E-state index contributed by atoms with van der Waals surface area (Å²) in [4.78, 5) is 16.5. The Morgan fingerprint density at radius 3 is 2.25 bits per heavy atom. The number of pyridine rings is 1. The minimum atomic E-state index is -1.24. The number of primary amides is 1. The van der Waals surface area contributed by atoms with Gasteiger partial charge in [-0.05, 0) is 30.3 Å². The second kappa shape index (κ2) is 7.65. The second-order valence-corrected chi connectivity index (χ2v) is 5.70. The number of para-hydroxylation sites is 1. The lowest BCUT2D eigenvalue weighted by Gasteiger charge is -2.22. The predicted octanol–water partition coefficient (Wildman–Crippen LogP) is 4.01. The van der Waals surface area contributed by atoms with Crippen molar-refractivity contribution in [3.05, 3.63) is 77.4 Å². The molecule has 2 amide bonds. The Balaban J connectivity index is 2.23. The molecule has 5 nitrogen and oxygen atoms in total. The van der Waals surface area contributed by atoms with Gasteiger partial charge in [0.15, 0.2) is 0 Å². The third-order valence-electron chi connectivity index (χ3n) is 3.93. The van der Waals surface area contributed by atoms with Crippen LogP contribution in [0.25, 0.3) is 11.3 Å². The van der Waals surface area contributed by atoms with Gasteiger partial charge in [-0.15, -0.1) is 0 Å². The van der Waals surface area contributed by atoms with E-state index in [1.807, 2.05) is 0 Å². The maximum atomic E-state index is 14.2. The molecular formula is C19H13F4N3O2. The number of halogens is 4. The summed E-state index contributed by atoms with van der Waals surface area (Å²) in [5.41, 5.74) is 4.36. The van der Waals surface area contributed by atoms with Crippen LogP contribution in [0, 0.1) is 23.3 Å². The summed E-state index contributed by atoms with van der Waals surface area (Å²) in [6.45, 7) is -0.552. The van der Waals surface area contributed by atoms with Crippen molar-refractivity contribution in [3.8, 4) is 11.3 Å². The second-order valence-electron chi connectivity index (χ2n) is 5.70. The zero-order valence-electron chi connectivity index (χ0n) is 14.2. The van der Waals surface area contributed by atoms with Gasteiger partial charge in [-0.3, -0.25) is 0 Å². The molecule has 9 heteroatoms. The summed E-state index contributed by atoms with van der Waals surface area (Å²) in [6.07, 6.45) is 0. The molecular weight excluding hydrogens is 378 g/mol. The highest BCUT2D eigenvalue weighted by molar-refractivity contribution is 5.98. The number of rotatable bonds is 4. The first-order valence-corrected chi connectivity index (χ1v) is 7.93. The van der Waals surface area contributed by atoms with Crippen molar-refractivity contribution in [1.29, 1.82) is 0 Å². The monoisotopic (exact) mass is 391 g/mol. The number of benzene rings is 2. The Morgan fingerprint density at radius 2 is 1.68 bits per heavy atom. The van der Waals surface area contributed by atoms with Gasteiger partial charge < -0.3 is 10.8 Å². The lowest BCUT2D eigenvalue weighted by atomic mass is 10.1. The Labute approximate surface area is 156 Å². The van der Waals surface area contributed by atoms with Gasteiger partial charge in [-0.1, -0.05) is 12.1 Å². The standard InChI is InChI=1S/C19H13F4N3O2/c20-11-5-6-12(15(23)8-11)17-10(9-27)4-7-16(25-17)26(19(24)28)18-13(21)2-1-3-14(18)22/h1-8,27H,9H2,(H2,24,28). The summed E-state index contributed by atoms with van der Waals surface area (Å²) >= 11 is 0. The van der Waals surface area contributed by atoms with Crippen molar-refractivity contribution < 1.29 is 27.5 Å². The van der Waals surface area contributed by atoms with Crippen molar-refractivity contribution in [3.63, 3.8) is 0 Å². The molecule has 144 valence electrons. The van der Waals surface area contributed by atoms with Crippen LogP contribution in [-0.4, -0.2) is 16.1 Å². The maximum Gasteiger partial charge on any atom is 0.325 e. The Hall–Kier alpha value is -3.46. The van der Waals surface area contributed by atoms with E-state index < -0.39 is 41.6 Å². The van der Waals surface area contributed by atoms with E-state index in [2.05, 4.69) is 4.98 Å². The summed E-state index contributed by atoms with van der Waals surface area (Å²) in [6, 6.07) is 6.89. The number of aliphatic hydroxyl groups excluding tert-OH is 1. The highest BCUT2D eigenvalue weighted by atomic mass is 19.1. The Morgan fingerprint density at radius 1 is 1.00 bits per heavy atom. The number of carbonyl (C=O) groups is 1. The number of urea groups is 1. The molecule has 0 aliphatic heterocycles. The van der Waals surface area contributed by atoms with E-state index in [0.717, 1.165) is 30.3 Å². The molecule has 0 spiro atoms. The number of hydrogen-bond donors (Lipinski definition) is 2. The molecule has 0 aliphatic rings. The lowest BCUT2D eigenvalue weighted by Crippen LogP contribution is -2.33. The highest BCUT2D eigenvalue weighted by Crippen LogP contribution is 2.33. The first kappa shape index (κ1) is 19.3. The molecule has 3 aromatic rings. The average Bonchev–Trinajstić information content (AvgIpc) is 2.64. The smallest absolute Gasteiger partial charge is 0.325 e. The molecule has 0 radical (unpaired) electrons. The number of aliphatic hydroxyl groups is 1. The van der Waals surface area contributed by atoms with Crippen LogP contribution in [0.3, 0.4) is 0 Å². The quantitative estimate of drug-likeness (QED) is 0.660. The number of nitrogens with zero attached hydrogens (tertiary/aromatic N) is 2. The van der Waals surface area contributed by atoms with Crippen molar-refractivity contribution in [2.24, 2.45) is 5.73 Å². The van der Waals surface area contributed by atoms with E-state index in [9.17, 15) is 27.5 Å². The van der Waals surface area contributed by atoms with Crippen LogP contribution < -0.4 is 10.6 Å². The highest BCUT2D eigenvalue weighted by Gasteiger charge is 2.25. The molecule has 3 N–H and O–H groups in total. The van der Waals surface area contributed by atoms with Crippen LogP contribution in [0.1, 0.15) is 5.56 Å². The third-order valence-corrected chi connectivity index (χ3v) is 3.93. The normalized spacial score (nSPS) is 10.8. The fourth-order valence-corrected chi connectivity index (χ4v) is 2.68. The van der Waals surface area contributed by atoms with E-state index in [0.29, 0.717) is 11.0 Å². The van der Waals surface area contributed by atoms with Crippen molar-refractivity contribution in [2.45, 2.75) is 6.61 Å². The summed E-state index contributed by atoms with van der Waals surface area (Å²) in [5, 5.41) is 9.51. The summed E-state index contributed by atoms with van der Waals surface area (Å²) < 4.78 is 55.7. The van der Waals surface area contributed by atoms with Crippen LogP contribution in [0.2, 0.25) is 0 Å². The molecule has 1 heterocycles. The van der Waals surface area contributed by atoms with Gasteiger partial charge in [-0.25, -0.2) is 32.2 Å². The van der Waals surface area contributed by atoms with Gasteiger partial charge in [0.2, 0.25) is 0 Å². The van der Waals surface area contributed by atoms with Crippen LogP contribution in [0.15, 0.2) is 48.5 Å². The molecule has 0 bridgehead atoms. The number of nitrogens with two attached hydrogens (primary N) is 1. The van der Waals surface area contributed by atoms with E-state index in [-0.39, 0.29) is 22.6 Å². The van der Waals surface area contributed by atoms with E-state index in [1.165, 1.54) is 12.1 Å².